The predicted octanol–water partition coefficient (Wildman–Crippen LogP) is -5.84. The summed E-state index contributed by atoms with van der Waals surface area (Å²) in [6, 6.07) is -4.28. The van der Waals surface area contributed by atoms with Crippen LogP contribution in [0, 0.1) is 0 Å². The number of aliphatic imine (C=N–C) groups is 1. The number of aliphatic carboxylic acids is 1. The van der Waals surface area contributed by atoms with E-state index in [1.165, 1.54) is 0 Å². The van der Waals surface area contributed by atoms with Crippen molar-refractivity contribution in [3.8, 4) is 0 Å². The minimum absolute atomic E-state index is 0.119. The van der Waals surface area contributed by atoms with Crippen molar-refractivity contribution in [2.45, 2.75) is 74.1 Å². The molecule has 0 aromatic rings. The van der Waals surface area contributed by atoms with Gasteiger partial charge in [0, 0.05) is 19.0 Å². The van der Waals surface area contributed by atoms with E-state index in [0.717, 1.165) is 0 Å². The molecule has 0 saturated carbocycles. The van der Waals surface area contributed by atoms with E-state index in [2.05, 4.69) is 20.9 Å². The molecule has 0 spiro atoms. The molecule has 0 bridgehead atoms. The number of carbonyl (C=O) groups is 3. The molecule has 2 amide bonds. The van der Waals surface area contributed by atoms with E-state index in [1.54, 1.807) is 0 Å². The van der Waals surface area contributed by atoms with Crippen LogP contribution in [0.2, 0.25) is 0 Å². The molecule has 2 aliphatic heterocycles. The number of carboxylic acid groups (broad SMARTS) is 1. The maximum Gasteiger partial charge on any atom is 0.404 e. The molecular weight excluding hydrogens is 484 g/mol. The summed E-state index contributed by atoms with van der Waals surface area (Å²) in [6.07, 6.45) is -7.17. The first-order valence-corrected chi connectivity index (χ1v) is 11.4. The van der Waals surface area contributed by atoms with Crippen molar-refractivity contribution in [3.05, 3.63) is 0 Å². The Morgan fingerprint density at radius 1 is 1.28 bits per heavy atom. The highest BCUT2D eigenvalue weighted by Gasteiger charge is 2.49. The molecule has 1 saturated heterocycles. The molecule has 2 aliphatic rings. The Morgan fingerprint density at radius 3 is 2.53 bits per heavy atom. The maximum atomic E-state index is 12.6. The lowest BCUT2D eigenvalue weighted by Crippen LogP contribution is -2.69. The van der Waals surface area contributed by atoms with Gasteiger partial charge in [0.25, 0.3) is 0 Å². The highest BCUT2D eigenvalue weighted by atomic mass is 16.6. The number of ether oxygens (including phenoxy) is 2. The second-order valence-electron chi connectivity index (χ2n) is 8.54. The first-order chi connectivity index (χ1) is 17.0. The quantitative estimate of drug-likeness (QED) is 0.114. The van der Waals surface area contributed by atoms with Gasteiger partial charge in [0.05, 0.1) is 18.8 Å². The third-order valence-electron chi connectivity index (χ3n) is 5.80. The molecule has 1 fully saturated rings. The standard InChI is InChI=1S/C19H36N8O9/c20-3-1-2-7(22)4-10(30)24-13-14(31)15(36-18(23)34)9(6-28)35-16(13)27-19-25-11(8(29)5-21)12(26-19)17(32)33/h7-9,11-16,28-29,31H,1-6,20-22H2,(H2,23,34)(H,24,30)(H,32,33)(H2,25,26,27)/t7-,8?,9+,11+,12-,13+,14-,15-,16+/m0/s1. The second-order valence-corrected chi connectivity index (χ2v) is 8.54. The lowest BCUT2D eigenvalue weighted by atomic mass is 9.95. The van der Waals surface area contributed by atoms with E-state index >= 15 is 0 Å². The van der Waals surface area contributed by atoms with E-state index in [4.69, 9.17) is 32.4 Å². The maximum absolute atomic E-state index is 12.6. The van der Waals surface area contributed by atoms with Crippen LogP contribution in [0.15, 0.2) is 4.99 Å². The van der Waals surface area contributed by atoms with E-state index in [-0.39, 0.29) is 18.9 Å². The monoisotopic (exact) mass is 520 g/mol. The summed E-state index contributed by atoms with van der Waals surface area (Å²) >= 11 is 0. The van der Waals surface area contributed by atoms with Gasteiger partial charge in [0.15, 0.2) is 24.3 Å². The van der Waals surface area contributed by atoms with Crippen molar-refractivity contribution in [2.75, 3.05) is 19.7 Å². The molecular formula is C19H36N8O9. The summed E-state index contributed by atoms with van der Waals surface area (Å²) in [5.41, 5.74) is 21.9. The summed E-state index contributed by atoms with van der Waals surface area (Å²) < 4.78 is 10.6. The van der Waals surface area contributed by atoms with Crippen LogP contribution in [-0.2, 0) is 19.1 Å². The van der Waals surface area contributed by atoms with Crippen molar-refractivity contribution in [2.24, 2.45) is 27.9 Å². The number of carboxylic acids is 1. The number of carbonyl (C=O) groups excluding carboxylic acids is 2. The molecule has 2 heterocycles. The van der Waals surface area contributed by atoms with Crippen LogP contribution in [-0.4, -0.2) is 119 Å². The Bertz CT molecular complexity index is 803. The van der Waals surface area contributed by atoms with E-state index in [0.29, 0.717) is 19.4 Å². The predicted molar refractivity (Wildman–Crippen MR) is 123 cm³/mol. The van der Waals surface area contributed by atoms with Gasteiger partial charge in [-0.2, -0.15) is 0 Å². The molecule has 17 nitrogen and oxygen atoms in total. The zero-order valence-corrected chi connectivity index (χ0v) is 19.5. The van der Waals surface area contributed by atoms with Crippen LogP contribution in [0.3, 0.4) is 0 Å². The van der Waals surface area contributed by atoms with Crippen molar-refractivity contribution >= 4 is 23.9 Å². The number of guanidine groups is 1. The Hall–Kier alpha value is -2.80. The van der Waals surface area contributed by atoms with Crippen LogP contribution in [0.4, 0.5) is 4.79 Å². The number of nitrogens with two attached hydrogens (primary N) is 4. The third kappa shape index (κ3) is 7.60. The van der Waals surface area contributed by atoms with E-state index in [1.807, 2.05) is 0 Å². The van der Waals surface area contributed by atoms with Gasteiger partial charge >= 0.3 is 12.1 Å². The Kier molecular flexibility index (Phi) is 11.0. The lowest BCUT2D eigenvalue weighted by molar-refractivity contribution is -0.198. The highest BCUT2D eigenvalue weighted by molar-refractivity contribution is 5.89. The number of hydrogen-bond donors (Lipinski definition) is 11. The second kappa shape index (κ2) is 13.5. The molecule has 17 heteroatoms. The Labute approximate surface area is 206 Å². The SMILES string of the molecule is NCCC[C@H](N)CC(=O)N[C@@H]1[C@H](O)[C@@H](OC(N)=O)[C@@H](CO)O[C@H]1NC1=N[C@H](C(=O)O)[C@@H](C(O)CN)N1. The van der Waals surface area contributed by atoms with Gasteiger partial charge in [-0.3, -0.25) is 4.79 Å². The van der Waals surface area contributed by atoms with Gasteiger partial charge in [-0.15, -0.1) is 0 Å². The molecule has 0 aromatic heterocycles. The molecule has 0 aliphatic carbocycles. The van der Waals surface area contributed by atoms with Gasteiger partial charge in [0.2, 0.25) is 5.91 Å². The highest BCUT2D eigenvalue weighted by Crippen LogP contribution is 2.23. The minimum atomic E-state index is -1.62. The fraction of sp³-hybridized carbons (Fsp3) is 0.789. The summed E-state index contributed by atoms with van der Waals surface area (Å²) in [5.74, 6) is -2.04. The van der Waals surface area contributed by atoms with Crippen LogP contribution in [0.5, 0.6) is 0 Å². The average Bonchev–Trinajstić information content (AvgIpc) is 3.25. The van der Waals surface area contributed by atoms with Crippen LogP contribution < -0.4 is 38.9 Å². The zero-order chi connectivity index (χ0) is 27.0. The number of rotatable bonds is 12. The lowest BCUT2D eigenvalue weighted by Gasteiger charge is -2.44. The first kappa shape index (κ1) is 29.4. The topological polar surface area (TPSA) is 303 Å². The first-order valence-electron chi connectivity index (χ1n) is 11.4. The smallest absolute Gasteiger partial charge is 0.404 e. The summed E-state index contributed by atoms with van der Waals surface area (Å²) in [4.78, 5) is 39.5. The number of aliphatic hydroxyl groups excluding tert-OH is 3. The number of hydrogen-bond acceptors (Lipinski definition) is 14. The fourth-order valence-electron chi connectivity index (χ4n) is 4.00. The molecule has 0 radical (unpaired) electrons. The van der Waals surface area contributed by atoms with Crippen LogP contribution in [0.25, 0.3) is 0 Å². The van der Waals surface area contributed by atoms with E-state index < -0.39 is 79.4 Å². The normalized spacial score (nSPS) is 31.5. The molecule has 0 aromatic carbocycles. The molecule has 206 valence electrons. The Morgan fingerprint density at radius 2 is 1.97 bits per heavy atom. The van der Waals surface area contributed by atoms with Crippen molar-refractivity contribution in [3.63, 3.8) is 0 Å². The zero-order valence-electron chi connectivity index (χ0n) is 19.5. The molecule has 1 unspecified atom stereocenters. The molecule has 9 atom stereocenters. The largest absolute Gasteiger partial charge is 0.480 e. The van der Waals surface area contributed by atoms with Crippen LogP contribution >= 0.6 is 0 Å². The van der Waals surface area contributed by atoms with Gasteiger partial charge in [0.1, 0.15) is 18.2 Å². The number of aliphatic hydroxyl groups is 3. The van der Waals surface area contributed by atoms with Gasteiger partial charge in [-0.25, -0.2) is 14.6 Å². The van der Waals surface area contributed by atoms with Crippen LogP contribution in [0.1, 0.15) is 19.3 Å². The fourth-order valence-corrected chi connectivity index (χ4v) is 4.00. The van der Waals surface area contributed by atoms with Crippen molar-refractivity contribution in [1.29, 1.82) is 0 Å². The number of nitrogens with zero attached hydrogens (tertiary/aromatic N) is 1. The summed E-state index contributed by atoms with van der Waals surface area (Å²) in [6.45, 7) is -0.549. The van der Waals surface area contributed by atoms with Gasteiger partial charge < -0.3 is 68.8 Å². The Balaban J connectivity index is 2.25. The average molecular weight is 521 g/mol. The summed E-state index contributed by atoms with van der Waals surface area (Å²) in [7, 11) is 0. The third-order valence-corrected chi connectivity index (χ3v) is 5.80. The molecule has 36 heavy (non-hydrogen) atoms. The number of nitrogens with one attached hydrogen (secondary N) is 3. The van der Waals surface area contributed by atoms with Gasteiger partial charge in [-0.1, -0.05) is 0 Å². The van der Waals surface area contributed by atoms with Crippen molar-refractivity contribution < 1.29 is 44.3 Å². The molecule has 2 rings (SSSR count). The molecule has 15 N–H and O–H groups in total. The minimum Gasteiger partial charge on any atom is -0.480 e. The van der Waals surface area contributed by atoms with E-state index in [9.17, 15) is 34.8 Å². The summed E-state index contributed by atoms with van der Waals surface area (Å²) in [5, 5.41) is 48.1. The van der Waals surface area contributed by atoms with Crippen molar-refractivity contribution in [1.82, 2.24) is 16.0 Å². The number of amides is 2. The number of primary amides is 1. The van der Waals surface area contributed by atoms with Gasteiger partial charge in [-0.05, 0) is 19.4 Å².